The van der Waals surface area contributed by atoms with Gasteiger partial charge in [-0.1, -0.05) is 12.1 Å². The fourth-order valence-electron chi connectivity index (χ4n) is 1.16. The van der Waals surface area contributed by atoms with Crippen molar-refractivity contribution in [2.24, 2.45) is 5.73 Å². The van der Waals surface area contributed by atoms with Crippen molar-refractivity contribution in [1.29, 1.82) is 0 Å². The van der Waals surface area contributed by atoms with Gasteiger partial charge in [-0.05, 0) is 28.1 Å². The lowest BCUT2D eigenvalue weighted by molar-refractivity contribution is 0.572. The van der Waals surface area contributed by atoms with Gasteiger partial charge < -0.3 is 10.2 Å². The summed E-state index contributed by atoms with van der Waals surface area (Å²) < 4.78 is 6.26. The number of benzene rings is 1. The second-order valence-corrected chi connectivity index (χ2v) is 3.68. The van der Waals surface area contributed by atoms with Crippen LogP contribution in [0.2, 0.25) is 0 Å². The topological polar surface area (TPSA) is 52.0 Å². The van der Waals surface area contributed by atoms with Crippen molar-refractivity contribution >= 4 is 28.3 Å². The monoisotopic (exact) mass is 288 g/mol. The molecule has 0 aliphatic carbocycles. The fourth-order valence-corrected chi connectivity index (χ4v) is 1.61. The van der Waals surface area contributed by atoms with Crippen LogP contribution in [0.5, 0.6) is 0 Å². The molecule has 1 heterocycles. The highest BCUT2D eigenvalue weighted by molar-refractivity contribution is 9.10. The van der Waals surface area contributed by atoms with Gasteiger partial charge in [0.15, 0.2) is 0 Å². The predicted molar refractivity (Wildman–Crippen MR) is 64.8 cm³/mol. The molecule has 0 bridgehead atoms. The Balaban J connectivity index is 0.00000112. The molecule has 15 heavy (non-hydrogen) atoms. The minimum atomic E-state index is 0. The van der Waals surface area contributed by atoms with Gasteiger partial charge in [0.2, 0.25) is 5.89 Å². The minimum Gasteiger partial charge on any atom is -0.444 e. The van der Waals surface area contributed by atoms with Gasteiger partial charge in [-0.3, -0.25) is 0 Å². The number of hydrogen-bond donors (Lipinski definition) is 1. The fraction of sp³-hybridized carbons (Fsp3) is 0.100. The third-order valence-corrected chi connectivity index (χ3v) is 2.56. The molecule has 5 heteroatoms. The van der Waals surface area contributed by atoms with E-state index in [2.05, 4.69) is 20.9 Å². The van der Waals surface area contributed by atoms with Crippen LogP contribution in [0, 0.1) is 0 Å². The van der Waals surface area contributed by atoms with Gasteiger partial charge in [0.1, 0.15) is 6.26 Å². The minimum absolute atomic E-state index is 0. The van der Waals surface area contributed by atoms with Crippen LogP contribution in [0.25, 0.3) is 11.5 Å². The molecule has 0 aliphatic rings. The number of halogens is 2. The Kier molecular flexibility index (Phi) is 4.32. The standard InChI is InChI=1S/C10H9BrN2O.ClH/c11-9-4-2-1-3-8(9)10-13-7(5-12)6-14-10;/h1-4,6H,5,12H2;1H. The van der Waals surface area contributed by atoms with Crippen molar-refractivity contribution in [3.63, 3.8) is 0 Å². The molecule has 0 fully saturated rings. The van der Waals surface area contributed by atoms with Gasteiger partial charge >= 0.3 is 0 Å². The summed E-state index contributed by atoms with van der Waals surface area (Å²) in [6, 6.07) is 7.77. The van der Waals surface area contributed by atoms with E-state index in [1.807, 2.05) is 24.3 Å². The zero-order chi connectivity index (χ0) is 9.97. The number of hydrogen-bond acceptors (Lipinski definition) is 3. The van der Waals surface area contributed by atoms with Crippen molar-refractivity contribution in [2.75, 3.05) is 0 Å². The molecule has 0 amide bonds. The van der Waals surface area contributed by atoms with Gasteiger partial charge in [0, 0.05) is 11.0 Å². The maximum atomic E-state index is 5.45. The molecule has 2 aromatic rings. The van der Waals surface area contributed by atoms with E-state index in [1.165, 1.54) is 0 Å². The predicted octanol–water partition coefficient (Wildman–Crippen LogP) is 2.98. The SMILES string of the molecule is Cl.NCc1coc(-c2ccccc2Br)n1. The van der Waals surface area contributed by atoms with E-state index in [9.17, 15) is 0 Å². The lowest BCUT2D eigenvalue weighted by Crippen LogP contribution is -1.95. The van der Waals surface area contributed by atoms with E-state index < -0.39 is 0 Å². The number of rotatable bonds is 2. The lowest BCUT2D eigenvalue weighted by atomic mass is 10.2. The Morgan fingerprint density at radius 2 is 2.07 bits per heavy atom. The van der Waals surface area contributed by atoms with E-state index in [4.69, 9.17) is 10.2 Å². The Morgan fingerprint density at radius 1 is 1.33 bits per heavy atom. The lowest BCUT2D eigenvalue weighted by Gasteiger charge is -1.97. The van der Waals surface area contributed by atoms with Crippen LogP contribution in [0.3, 0.4) is 0 Å². The van der Waals surface area contributed by atoms with Crippen molar-refractivity contribution in [3.05, 3.63) is 40.7 Å². The summed E-state index contributed by atoms with van der Waals surface area (Å²) >= 11 is 3.43. The van der Waals surface area contributed by atoms with Crippen molar-refractivity contribution in [2.45, 2.75) is 6.54 Å². The van der Waals surface area contributed by atoms with E-state index in [0.29, 0.717) is 12.4 Å². The molecular formula is C10H10BrClN2O. The summed E-state index contributed by atoms with van der Waals surface area (Å²) in [6.45, 7) is 0.397. The summed E-state index contributed by atoms with van der Waals surface area (Å²) in [4.78, 5) is 4.24. The highest BCUT2D eigenvalue weighted by Crippen LogP contribution is 2.26. The van der Waals surface area contributed by atoms with Gasteiger partial charge in [0.25, 0.3) is 0 Å². The van der Waals surface area contributed by atoms with E-state index in [1.54, 1.807) is 6.26 Å². The van der Waals surface area contributed by atoms with Gasteiger partial charge in [-0.25, -0.2) is 4.98 Å². The van der Waals surface area contributed by atoms with Crippen LogP contribution >= 0.6 is 28.3 Å². The number of oxazole rings is 1. The molecule has 2 rings (SSSR count). The molecule has 0 aliphatic heterocycles. The van der Waals surface area contributed by atoms with Crippen LogP contribution in [-0.2, 0) is 6.54 Å². The van der Waals surface area contributed by atoms with Crippen LogP contribution < -0.4 is 5.73 Å². The van der Waals surface area contributed by atoms with E-state index in [0.717, 1.165) is 15.7 Å². The zero-order valence-electron chi connectivity index (χ0n) is 7.81. The molecular weight excluding hydrogens is 279 g/mol. The van der Waals surface area contributed by atoms with Gasteiger partial charge in [-0.2, -0.15) is 0 Å². The second kappa shape index (κ2) is 5.30. The zero-order valence-corrected chi connectivity index (χ0v) is 10.2. The van der Waals surface area contributed by atoms with Crippen molar-refractivity contribution < 1.29 is 4.42 Å². The third kappa shape index (κ3) is 2.59. The molecule has 3 nitrogen and oxygen atoms in total. The summed E-state index contributed by atoms with van der Waals surface area (Å²) in [7, 11) is 0. The first kappa shape index (κ1) is 12.2. The summed E-state index contributed by atoms with van der Waals surface area (Å²) in [6.07, 6.45) is 1.58. The Labute approximate surface area is 102 Å². The largest absolute Gasteiger partial charge is 0.444 e. The molecule has 1 aromatic heterocycles. The Bertz CT molecular complexity index is 444. The molecule has 80 valence electrons. The van der Waals surface area contributed by atoms with Crippen LogP contribution in [0.4, 0.5) is 0 Å². The first-order valence-electron chi connectivity index (χ1n) is 4.20. The molecule has 2 N–H and O–H groups in total. The van der Waals surface area contributed by atoms with Crippen LogP contribution in [-0.4, -0.2) is 4.98 Å². The van der Waals surface area contributed by atoms with E-state index >= 15 is 0 Å². The Hall–Kier alpha value is -0.840. The molecule has 0 spiro atoms. The molecule has 0 unspecified atom stereocenters. The highest BCUT2D eigenvalue weighted by atomic mass is 79.9. The van der Waals surface area contributed by atoms with E-state index in [-0.39, 0.29) is 12.4 Å². The molecule has 0 saturated carbocycles. The summed E-state index contributed by atoms with van der Waals surface area (Å²) in [5.41, 5.74) is 7.14. The normalized spacial score (nSPS) is 9.73. The molecule has 0 radical (unpaired) electrons. The number of aromatic nitrogens is 1. The highest BCUT2D eigenvalue weighted by Gasteiger charge is 2.08. The Morgan fingerprint density at radius 3 is 2.67 bits per heavy atom. The average Bonchev–Trinajstić information content (AvgIpc) is 2.67. The van der Waals surface area contributed by atoms with Crippen molar-refractivity contribution in [3.8, 4) is 11.5 Å². The summed E-state index contributed by atoms with van der Waals surface area (Å²) in [5.74, 6) is 0.595. The maximum absolute atomic E-state index is 5.45. The number of nitrogens with two attached hydrogens (primary N) is 1. The van der Waals surface area contributed by atoms with Crippen LogP contribution in [0.1, 0.15) is 5.69 Å². The quantitative estimate of drug-likeness (QED) is 0.924. The van der Waals surface area contributed by atoms with Gasteiger partial charge in [-0.15, -0.1) is 12.4 Å². The first-order valence-corrected chi connectivity index (χ1v) is 5.00. The molecule has 0 atom stereocenters. The summed E-state index contributed by atoms with van der Waals surface area (Å²) in [5, 5.41) is 0. The van der Waals surface area contributed by atoms with Gasteiger partial charge in [0.05, 0.1) is 11.3 Å². The number of nitrogens with zero attached hydrogens (tertiary/aromatic N) is 1. The third-order valence-electron chi connectivity index (χ3n) is 1.87. The first-order chi connectivity index (χ1) is 6.81. The van der Waals surface area contributed by atoms with Crippen molar-refractivity contribution in [1.82, 2.24) is 4.98 Å². The molecule has 1 aromatic carbocycles. The average molecular weight is 290 g/mol. The molecule has 0 saturated heterocycles. The maximum Gasteiger partial charge on any atom is 0.227 e. The smallest absolute Gasteiger partial charge is 0.227 e. The second-order valence-electron chi connectivity index (χ2n) is 2.83. The van der Waals surface area contributed by atoms with Crippen LogP contribution in [0.15, 0.2) is 39.4 Å².